The first-order chi connectivity index (χ1) is 21.7. The third kappa shape index (κ3) is 8.73. The van der Waals surface area contributed by atoms with Crippen LogP contribution in [-0.2, 0) is 19.1 Å². The molecule has 3 N–H and O–H groups in total. The van der Waals surface area contributed by atoms with Gasteiger partial charge in [0.25, 0.3) is 11.8 Å². The summed E-state index contributed by atoms with van der Waals surface area (Å²) in [5.41, 5.74) is 1.42. The number of nitrogens with zero attached hydrogens (tertiary/aromatic N) is 1. The third-order valence-electron chi connectivity index (χ3n) is 9.14. The Kier molecular flexibility index (Phi) is 10.9. The maximum Gasteiger partial charge on any atom is 0.416 e. The molecule has 1 aliphatic carbocycles. The van der Waals surface area contributed by atoms with Crippen molar-refractivity contribution in [3.63, 3.8) is 0 Å². The second kappa shape index (κ2) is 15.1. The van der Waals surface area contributed by atoms with E-state index in [4.69, 9.17) is 0 Å². The van der Waals surface area contributed by atoms with Crippen LogP contribution in [0.2, 0.25) is 0 Å². The first-order valence-electron chi connectivity index (χ1n) is 16.0. The van der Waals surface area contributed by atoms with E-state index in [9.17, 15) is 27.9 Å². The van der Waals surface area contributed by atoms with E-state index in [0.29, 0.717) is 29.0 Å². The number of aliphatic hydroxyl groups is 1. The average molecular weight is 622 g/mol. The van der Waals surface area contributed by atoms with Gasteiger partial charge in [-0.05, 0) is 73.4 Å². The Bertz CT molecular complexity index is 1430. The second-order valence-electron chi connectivity index (χ2n) is 12.4. The van der Waals surface area contributed by atoms with E-state index in [2.05, 4.69) is 10.6 Å². The summed E-state index contributed by atoms with van der Waals surface area (Å²) >= 11 is 0. The van der Waals surface area contributed by atoms with E-state index >= 15 is 0 Å². The first-order valence-corrected chi connectivity index (χ1v) is 16.0. The van der Waals surface area contributed by atoms with Crippen LogP contribution in [0.3, 0.4) is 0 Å². The first kappa shape index (κ1) is 32.7. The molecule has 1 unspecified atom stereocenters. The van der Waals surface area contributed by atoms with Crippen molar-refractivity contribution in [1.29, 1.82) is 0 Å². The Morgan fingerprint density at radius 3 is 2.31 bits per heavy atom. The van der Waals surface area contributed by atoms with E-state index in [1.165, 1.54) is 25.3 Å². The van der Waals surface area contributed by atoms with Gasteiger partial charge in [-0.3, -0.25) is 9.59 Å². The minimum absolute atomic E-state index is 0.0441. The van der Waals surface area contributed by atoms with Crippen LogP contribution in [0.5, 0.6) is 0 Å². The molecule has 45 heavy (non-hydrogen) atoms. The maximum atomic E-state index is 13.6. The molecule has 2 fully saturated rings. The van der Waals surface area contributed by atoms with Gasteiger partial charge < -0.3 is 20.6 Å². The van der Waals surface area contributed by atoms with Crippen LogP contribution in [0.1, 0.15) is 82.4 Å². The van der Waals surface area contributed by atoms with E-state index in [1.807, 2.05) is 35.2 Å². The van der Waals surface area contributed by atoms with Crippen molar-refractivity contribution in [2.75, 3.05) is 13.1 Å². The monoisotopic (exact) mass is 621 g/mol. The molecule has 5 rings (SSSR count). The topological polar surface area (TPSA) is 81.7 Å². The predicted octanol–water partition coefficient (Wildman–Crippen LogP) is 6.38. The second-order valence-corrected chi connectivity index (χ2v) is 12.4. The zero-order chi connectivity index (χ0) is 31.8. The highest BCUT2D eigenvalue weighted by molar-refractivity contribution is 6.00. The van der Waals surface area contributed by atoms with Gasteiger partial charge in [-0.25, -0.2) is 0 Å². The van der Waals surface area contributed by atoms with Crippen LogP contribution in [0.4, 0.5) is 13.2 Å². The molecule has 2 aliphatic rings. The van der Waals surface area contributed by atoms with Gasteiger partial charge in [-0.1, -0.05) is 73.9 Å². The summed E-state index contributed by atoms with van der Waals surface area (Å²) < 4.78 is 39.3. The molecule has 1 saturated carbocycles. The number of nitrogens with one attached hydrogen (secondary N) is 2. The largest absolute Gasteiger partial charge is 0.416 e. The molecule has 3 aromatic rings. The standard InChI is InChI=1S/C36H42F3N3O3/c37-36(38,39)30-17-7-12-26(20-30)23-40-24-33(43)31(21-25-10-3-1-4-11-25)41-34(44)28-15-8-16-29(22-28)35(45)42-19-9-18-32(42)27-13-5-2-6-14-27/h1,3-4,7-8,10-12,15-17,20,22,27,31-33,40,43H,2,5-6,9,13-14,18-19,21,23-24H2,(H,41,44)/t31-,32?,33-/m0/s1. The summed E-state index contributed by atoms with van der Waals surface area (Å²) in [5, 5.41) is 17.1. The van der Waals surface area contributed by atoms with Crippen molar-refractivity contribution in [3.8, 4) is 0 Å². The summed E-state index contributed by atoms with van der Waals surface area (Å²) in [6.45, 7) is 0.898. The molecule has 1 aliphatic heterocycles. The van der Waals surface area contributed by atoms with Crippen LogP contribution in [0.15, 0.2) is 78.9 Å². The molecule has 1 heterocycles. The van der Waals surface area contributed by atoms with Gasteiger partial charge in [0, 0.05) is 36.8 Å². The molecule has 0 radical (unpaired) electrons. The fourth-order valence-electron chi connectivity index (χ4n) is 6.78. The number of rotatable bonds is 11. The zero-order valence-corrected chi connectivity index (χ0v) is 25.4. The summed E-state index contributed by atoms with van der Waals surface area (Å²) in [6, 6.07) is 20.8. The lowest BCUT2D eigenvalue weighted by Gasteiger charge is -2.34. The normalized spacial score (nSPS) is 18.8. The molecule has 1 saturated heterocycles. The van der Waals surface area contributed by atoms with Crippen molar-refractivity contribution in [2.45, 2.75) is 82.3 Å². The lowest BCUT2D eigenvalue weighted by molar-refractivity contribution is -0.137. The highest BCUT2D eigenvalue weighted by Crippen LogP contribution is 2.35. The number of halogens is 3. The summed E-state index contributed by atoms with van der Waals surface area (Å²) in [5.74, 6) is 0.0873. The Morgan fingerprint density at radius 2 is 1.56 bits per heavy atom. The molecular formula is C36H42F3N3O3. The minimum Gasteiger partial charge on any atom is -0.390 e. The fourth-order valence-corrected chi connectivity index (χ4v) is 6.78. The highest BCUT2D eigenvalue weighted by atomic mass is 19.4. The molecular weight excluding hydrogens is 579 g/mol. The Labute approximate surface area is 263 Å². The van der Waals surface area contributed by atoms with Gasteiger partial charge in [0.2, 0.25) is 0 Å². The van der Waals surface area contributed by atoms with Crippen molar-refractivity contribution in [3.05, 3.63) is 107 Å². The Morgan fingerprint density at radius 1 is 0.844 bits per heavy atom. The van der Waals surface area contributed by atoms with Crippen molar-refractivity contribution >= 4 is 11.8 Å². The van der Waals surface area contributed by atoms with Gasteiger partial charge in [0.15, 0.2) is 0 Å². The molecule has 6 nitrogen and oxygen atoms in total. The highest BCUT2D eigenvalue weighted by Gasteiger charge is 2.36. The number of hydrogen-bond acceptors (Lipinski definition) is 4. The number of carbonyl (C=O) groups excluding carboxylic acids is 2. The average Bonchev–Trinajstić information content (AvgIpc) is 3.55. The Balaban J connectivity index is 1.25. The SMILES string of the molecule is O=C(N[C@@H](Cc1ccccc1)[C@@H](O)CNCc1cccc(C(F)(F)F)c1)c1cccc(C(=O)N2CCCC2C2CCCCC2)c1. The summed E-state index contributed by atoms with van der Waals surface area (Å²) in [4.78, 5) is 29.2. The predicted molar refractivity (Wildman–Crippen MR) is 168 cm³/mol. The van der Waals surface area contributed by atoms with E-state index in [-0.39, 0.29) is 25.0 Å². The molecule has 3 aromatic carbocycles. The van der Waals surface area contributed by atoms with E-state index in [0.717, 1.165) is 49.9 Å². The summed E-state index contributed by atoms with van der Waals surface area (Å²) in [7, 11) is 0. The molecule has 0 aromatic heterocycles. The maximum absolute atomic E-state index is 13.6. The van der Waals surface area contributed by atoms with Gasteiger partial charge in [-0.2, -0.15) is 13.2 Å². The molecule has 3 atom stereocenters. The number of benzene rings is 3. The van der Waals surface area contributed by atoms with Gasteiger partial charge in [0.1, 0.15) is 0 Å². The number of aliphatic hydroxyl groups excluding tert-OH is 1. The fraction of sp³-hybridized carbons (Fsp3) is 0.444. The smallest absolute Gasteiger partial charge is 0.390 e. The zero-order valence-electron chi connectivity index (χ0n) is 25.4. The Hall–Kier alpha value is -3.69. The molecule has 0 bridgehead atoms. The number of hydrogen-bond donors (Lipinski definition) is 3. The molecule has 9 heteroatoms. The van der Waals surface area contributed by atoms with Gasteiger partial charge >= 0.3 is 6.18 Å². The summed E-state index contributed by atoms with van der Waals surface area (Å²) in [6.07, 6.45) is 2.91. The van der Waals surface area contributed by atoms with Gasteiger partial charge in [0.05, 0.1) is 17.7 Å². The lowest BCUT2D eigenvalue weighted by Crippen LogP contribution is -2.48. The third-order valence-corrected chi connectivity index (χ3v) is 9.14. The van der Waals surface area contributed by atoms with Crippen LogP contribution < -0.4 is 10.6 Å². The number of carbonyl (C=O) groups is 2. The number of amides is 2. The molecule has 2 amide bonds. The molecule has 240 valence electrons. The van der Waals surface area contributed by atoms with Crippen LogP contribution >= 0.6 is 0 Å². The van der Waals surface area contributed by atoms with Gasteiger partial charge in [-0.15, -0.1) is 0 Å². The van der Waals surface area contributed by atoms with Crippen molar-refractivity contribution in [1.82, 2.24) is 15.5 Å². The number of likely N-dealkylation sites (tertiary alicyclic amines) is 1. The van der Waals surface area contributed by atoms with E-state index < -0.39 is 29.8 Å². The van der Waals surface area contributed by atoms with Crippen LogP contribution in [-0.4, -0.2) is 53.1 Å². The van der Waals surface area contributed by atoms with E-state index in [1.54, 1.807) is 30.3 Å². The van der Waals surface area contributed by atoms with Crippen LogP contribution in [0.25, 0.3) is 0 Å². The lowest BCUT2D eigenvalue weighted by atomic mass is 9.83. The van der Waals surface area contributed by atoms with Crippen LogP contribution in [0, 0.1) is 5.92 Å². The number of alkyl halides is 3. The minimum atomic E-state index is -4.44. The van der Waals surface area contributed by atoms with Crippen molar-refractivity contribution in [2.24, 2.45) is 5.92 Å². The molecule has 0 spiro atoms. The quantitative estimate of drug-likeness (QED) is 0.232. The van der Waals surface area contributed by atoms with Crippen molar-refractivity contribution < 1.29 is 27.9 Å².